The lowest BCUT2D eigenvalue weighted by atomic mass is 10.1. The molecule has 7 heteroatoms. The van der Waals surface area contributed by atoms with E-state index in [1.165, 1.54) is 12.1 Å². The highest BCUT2D eigenvalue weighted by atomic mass is 35.5. The van der Waals surface area contributed by atoms with Crippen LogP contribution in [0.15, 0.2) is 36.4 Å². The molecule has 0 aliphatic rings. The van der Waals surface area contributed by atoms with E-state index in [2.05, 4.69) is 4.98 Å². The minimum Gasteiger partial charge on any atom is -0.487 e. The normalized spacial score (nSPS) is 10.9. The maximum Gasteiger partial charge on any atom is 0.288 e. The van der Waals surface area contributed by atoms with Crippen molar-refractivity contribution in [3.8, 4) is 5.75 Å². The van der Waals surface area contributed by atoms with Crippen molar-refractivity contribution in [1.29, 1.82) is 0 Å². The molecule has 3 aromatic rings. The number of hydrogen-bond acceptors (Lipinski definition) is 4. The van der Waals surface area contributed by atoms with E-state index in [4.69, 9.17) is 27.9 Å². The number of hydrogen-bond donors (Lipinski definition) is 0. The molecule has 1 heterocycles. The van der Waals surface area contributed by atoms with Gasteiger partial charge in [0.05, 0.1) is 4.92 Å². The van der Waals surface area contributed by atoms with E-state index < -0.39 is 4.92 Å². The monoisotopic (exact) mass is 376 g/mol. The van der Waals surface area contributed by atoms with Crippen LogP contribution in [0.25, 0.3) is 10.9 Å². The minimum atomic E-state index is -0.547. The molecular formula is C18H14Cl2N2O3. The quantitative estimate of drug-likeness (QED) is 0.436. The number of fused-ring (bicyclic) bond motifs is 1. The Labute approximate surface area is 154 Å². The first-order valence-electron chi connectivity index (χ1n) is 7.49. The van der Waals surface area contributed by atoms with Crippen molar-refractivity contribution in [2.75, 3.05) is 0 Å². The first kappa shape index (κ1) is 17.5. The maximum atomic E-state index is 11.0. The molecule has 0 fully saturated rings. The highest BCUT2D eigenvalue weighted by Gasteiger charge is 2.19. The lowest BCUT2D eigenvalue weighted by molar-refractivity contribution is -0.384. The zero-order chi connectivity index (χ0) is 18.1. The molecule has 3 rings (SSSR count). The van der Waals surface area contributed by atoms with Gasteiger partial charge in [-0.25, -0.2) is 4.98 Å². The summed E-state index contributed by atoms with van der Waals surface area (Å²) in [6.45, 7) is 3.93. The second kappa shape index (κ2) is 6.86. The van der Waals surface area contributed by atoms with Gasteiger partial charge in [-0.05, 0) is 37.6 Å². The second-order valence-electron chi connectivity index (χ2n) is 5.64. The van der Waals surface area contributed by atoms with E-state index in [0.29, 0.717) is 16.3 Å². The van der Waals surface area contributed by atoms with Crippen molar-refractivity contribution in [3.05, 3.63) is 73.4 Å². The van der Waals surface area contributed by atoms with Gasteiger partial charge >= 0.3 is 0 Å². The van der Waals surface area contributed by atoms with Gasteiger partial charge in [0.2, 0.25) is 0 Å². The molecule has 0 aliphatic heterocycles. The number of aromatic nitrogens is 1. The zero-order valence-electron chi connectivity index (χ0n) is 13.5. The van der Waals surface area contributed by atoms with Crippen LogP contribution in [0.5, 0.6) is 5.75 Å². The smallest absolute Gasteiger partial charge is 0.288 e. The van der Waals surface area contributed by atoms with Crippen LogP contribution in [0.4, 0.5) is 5.69 Å². The summed E-state index contributed by atoms with van der Waals surface area (Å²) in [5.41, 5.74) is 2.89. The number of para-hydroxylation sites is 1. The van der Waals surface area contributed by atoms with Crippen LogP contribution in [0.3, 0.4) is 0 Å². The summed E-state index contributed by atoms with van der Waals surface area (Å²) >= 11 is 12.3. The fraction of sp³-hybridized carbons (Fsp3) is 0.167. The average Bonchev–Trinajstić information content (AvgIpc) is 2.54. The fourth-order valence-electron chi connectivity index (χ4n) is 2.68. The Balaban J connectivity index is 1.99. The molecule has 0 unspecified atom stereocenters. The van der Waals surface area contributed by atoms with Crippen molar-refractivity contribution >= 4 is 39.8 Å². The number of nitro benzene ring substituents is 1. The Morgan fingerprint density at radius 2 is 1.96 bits per heavy atom. The van der Waals surface area contributed by atoms with Gasteiger partial charge in [0.15, 0.2) is 0 Å². The Morgan fingerprint density at radius 1 is 1.20 bits per heavy atom. The molecular weight excluding hydrogens is 363 g/mol. The summed E-state index contributed by atoms with van der Waals surface area (Å²) in [6, 6.07) is 10.4. The number of pyridine rings is 1. The number of rotatable bonds is 4. The SMILES string of the molecule is Cc1cc(C)c2cccc(OCc3c(Cl)ccc([N+](=O)[O-])c3Cl)c2n1. The van der Waals surface area contributed by atoms with E-state index in [1.807, 2.05) is 32.0 Å². The van der Waals surface area contributed by atoms with Gasteiger partial charge in [-0.3, -0.25) is 10.1 Å². The molecule has 0 spiro atoms. The summed E-state index contributed by atoms with van der Waals surface area (Å²) in [6.07, 6.45) is 0. The first-order chi connectivity index (χ1) is 11.9. The topological polar surface area (TPSA) is 65.3 Å². The van der Waals surface area contributed by atoms with Gasteiger partial charge in [0, 0.05) is 27.7 Å². The minimum absolute atomic E-state index is 0.00707. The zero-order valence-corrected chi connectivity index (χ0v) is 15.1. The third kappa shape index (κ3) is 3.38. The number of ether oxygens (including phenoxy) is 1. The largest absolute Gasteiger partial charge is 0.487 e. The van der Waals surface area contributed by atoms with E-state index in [0.717, 1.165) is 22.2 Å². The van der Waals surface area contributed by atoms with Gasteiger partial charge < -0.3 is 4.74 Å². The molecule has 5 nitrogen and oxygen atoms in total. The molecule has 0 amide bonds. The third-order valence-electron chi connectivity index (χ3n) is 3.87. The maximum absolute atomic E-state index is 11.0. The number of halogens is 2. The number of aryl methyl sites for hydroxylation is 2. The Hall–Kier alpha value is -2.37. The van der Waals surface area contributed by atoms with Crippen LogP contribution in [0, 0.1) is 24.0 Å². The fourth-order valence-corrected chi connectivity index (χ4v) is 3.23. The molecule has 0 N–H and O–H groups in total. The van der Waals surface area contributed by atoms with Crippen molar-refractivity contribution in [2.24, 2.45) is 0 Å². The Bertz CT molecular complexity index is 990. The number of nitrogens with zero attached hydrogens (tertiary/aromatic N) is 2. The van der Waals surface area contributed by atoms with Crippen LogP contribution < -0.4 is 4.74 Å². The lowest BCUT2D eigenvalue weighted by Gasteiger charge is -2.12. The summed E-state index contributed by atoms with van der Waals surface area (Å²) in [7, 11) is 0. The predicted molar refractivity (Wildman–Crippen MR) is 98.7 cm³/mol. The molecule has 0 atom stereocenters. The highest BCUT2D eigenvalue weighted by molar-refractivity contribution is 6.37. The number of benzene rings is 2. The van der Waals surface area contributed by atoms with Gasteiger partial charge in [0.1, 0.15) is 22.9 Å². The van der Waals surface area contributed by atoms with E-state index in [-0.39, 0.29) is 17.3 Å². The standard InChI is InChI=1S/C18H14Cl2N2O3/c1-10-8-11(2)21-18-12(10)4-3-5-16(18)25-9-13-14(19)6-7-15(17(13)20)22(23)24/h3-8H,9H2,1-2H3. The molecule has 25 heavy (non-hydrogen) atoms. The molecule has 0 aliphatic carbocycles. The van der Waals surface area contributed by atoms with Gasteiger partial charge in [0.25, 0.3) is 5.69 Å². The van der Waals surface area contributed by atoms with Crippen LogP contribution in [0.2, 0.25) is 10.0 Å². The molecule has 128 valence electrons. The lowest BCUT2D eigenvalue weighted by Crippen LogP contribution is -2.01. The second-order valence-corrected chi connectivity index (χ2v) is 6.42. The van der Waals surface area contributed by atoms with Crippen molar-refractivity contribution in [2.45, 2.75) is 20.5 Å². The number of nitro groups is 1. The summed E-state index contributed by atoms with van der Waals surface area (Å²) < 4.78 is 5.86. The van der Waals surface area contributed by atoms with Crippen LogP contribution in [0.1, 0.15) is 16.8 Å². The van der Waals surface area contributed by atoms with Gasteiger partial charge in [-0.15, -0.1) is 0 Å². The molecule has 2 aromatic carbocycles. The van der Waals surface area contributed by atoms with E-state index >= 15 is 0 Å². The van der Waals surface area contributed by atoms with Gasteiger partial charge in [-0.2, -0.15) is 0 Å². The molecule has 0 bridgehead atoms. The van der Waals surface area contributed by atoms with Crippen molar-refractivity contribution in [1.82, 2.24) is 4.98 Å². The van der Waals surface area contributed by atoms with Crippen LogP contribution in [-0.4, -0.2) is 9.91 Å². The summed E-state index contributed by atoms with van der Waals surface area (Å²) in [5.74, 6) is 0.572. The molecule has 1 aromatic heterocycles. The van der Waals surface area contributed by atoms with E-state index in [9.17, 15) is 10.1 Å². The van der Waals surface area contributed by atoms with E-state index in [1.54, 1.807) is 6.07 Å². The summed E-state index contributed by atoms with van der Waals surface area (Å²) in [4.78, 5) is 15.0. The van der Waals surface area contributed by atoms with Crippen molar-refractivity contribution < 1.29 is 9.66 Å². The molecule has 0 saturated carbocycles. The average molecular weight is 377 g/mol. The van der Waals surface area contributed by atoms with Crippen LogP contribution >= 0.6 is 23.2 Å². The molecule has 0 radical (unpaired) electrons. The van der Waals surface area contributed by atoms with Crippen LogP contribution in [-0.2, 0) is 6.61 Å². The first-order valence-corrected chi connectivity index (χ1v) is 8.25. The Kier molecular flexibility index (Phi) is 4.79. The summed E-state index contributed by atoms with van der Waals surface area (Å²) in [5, 5.41) is 12.3. The van der Waals surface area contributed by atoms with Gasteiger partial charge in [-0.1, -0.05) is 35.3 Å². The predicted octanol–water partition coefficient (Wildman–Crippen LogP) is 5.65. The molecule has 0 saturated heterocycles. The Morgan fingerprint density at radius 3 is 2.68 bits per heavy atom. The third-order valence-corrected chi connectivity index (χ3v) is 4.65. The highest BCUT2D eigenvalue weighted by Crippen LogP contribution is 2.35. The van der Waals surface area contributed by atoms with Crippen molar-refractivity contribution in [3.63, 3.8) is 0 Å².